The average molecular weight is 458 g/mol. The Morgan fingerprint density at radius 1 is 1.00 bits per heavy atom. The zero-order valence-corrected chi connectivity index (χ0v) is 19.3. The van der Waals surface area contributed by atoms with Gasteiger partial charge >= 0.3 is 5.97 Å². The molecule has 3 aromatic carbocycles. The zero-order valence-electron chi connectivity index (χ0n) is 18.5. The summed E-state index contributed by atoms with van der Waals surface area (Å²) in [5.41, 5.74) is 8.39. The molecule has 1 heterocycles. The Hall–Kier alpha value is -3.97. The summed E-state index contributed by atoms with van der Waals surface area (Å²) in [6.45, 7) is 3.98. The van der Waals surface area contributed by atoms with Gasteiger partial charge in [-0.3, -0.25) is 5.43 Å². The SMILES string of the molecule is COc1cc(/C=N\Nc2nc(-c3ccc(C)cc3)cs2)ccc1OC(=O)c1cccc(C)c1. The van der Waals surface area contributed by atoms with Crippen LogP contribution < -0.4 is 14.9 Å². The summed E-state index contributed by atoms with van der Waals surface area (Å²) in [7, 11) is 1.53. The second kappa shape index (κ2) is 10.1. The Balaban J connectivity index is 1.41. The molecule has 0 saturated carbocycles. The first kappa shape index (κ1) is 22.2. The molecule has 0 aliphatic rings. The maximum atomic E-state index is 12.4. The molecule has 0 atom stereocenters. The van der Waals surface area contributed by atoms with Crippen molar-refractivity contribution in [3.8, 4) is 22.8 Å². The maximum Gasteiger partial charge on any atom is 0.343 e. The number of carbonyl (C=O) groups is 1. The van der Waals surface area contributed by atoms with Crippen molar-refractivity contribution in [1.82, 2.24) is 4.98 Å². The fourth-order valence-electron chi connectivity index (χ4n) is 3.12. The molecule has 4 aromatic rings. The van der Waals surface area contributed by atoms with Crippen LogP contribution in [0.25, 0.3) is 11.3 Å². The van der Waals surface area contributed by atoms with Crippen molar-refractivity contribution >= 4 is 28.7 Å². The predicted octanol–water partition coefficient (Wildman–Crippen LogP) is 6.10. The summed E-state index contributed by atoms with van der Waals surface area (Å²) in [5, 5.41) is 6.95. The lowest BCUT2D eigenvalue weighted by Crippen LogP contribution is -2.09. The number of nitrogens with one attached hydrogen (secondary N) is 1. The maximum absolute atomic E-state index is 12.4. The van der Waals surface area contributed by atoms with E-state index in [0.29, 0.717) is 22.2 Å². The van der Waals surface area contributed by atoms with E-state index >= 15 is 0 Å². The first-order valence-corrected chi connectivity index (χ1v) is 11.2. The van der Waals surface area contributed by atoms with Gasteiger partial charge in [0.1, 0.15) is 0 Å². The van der Waals surface area contributed by atoms with Crippen molar-refractivity contribution in [2.45, 2.75) is 13.8 Å². The number of benzene rings is 3. The molecule has 0 spiro atoms. The van der Waals surface area contributed by atoms with Gasteiger partial charge in [0.15, 0.2) is 11.5 Å². The second-order valence-electron chi connectivity index (χ2n) is 7.44. The molecular weight excluding hydrogens is 434 g/mol. The minimum Gasteiger partial charge on any atom is -0.493 e. The van der Waals surface area contributed by atoms with Gasteiger partial charge in [0.2, 0.25) is 5.13 Å². The summed E-state index contributed by atoms with van der Waals surface area (Å²) in [6.07, 6.45) is 1.65. The van der Waals surface area contributed by atoms with Crippen LogP contribution in [0.1, 0.15) is 27.0 Å². The number of carbonyl (C=O) groups excluding carboxylic acids is 1. The van der Waals surface area contributed by atoms with Crippen molar-refractivity contribution in [3.63, 3.8) is 0 Å². The van der Waals surface area contributed by atoms with E-state index in [0.717, 1.165) is 22.4 Å². The van der Waals surface area contributed by atoms with Gasteiger partial charge in [-0.2, -0.15) is 5.10 Å². The number of aryl methyl sites for hydroxylation is 2. The van der Waals surface area contributed by atoms with Gasteiger partial charge in [0.05, 0.1) is 24.6 Å². The quantitative estimate of drug-likeness (QED) is 0.157. The number of thiazole rings is 1. The van der Waals surface area contributed by atoms with Crippen LogP contribution in [0.5, 0.6) is 11.5 Å². The average Bonchev–Trinajstić information content (AvgIpc) is 3.29. The molecule has 33 heavy (non-hydrogen) atoms. The molecule has 0 aliphatic heterocycles. The Morgan fingerprint density at radius 3 is 2.58 bits per heavy atom. The highest BCUT2D eigenvalue weighted by atomic mass is 32.1. The fourth-order valence-corrected chi connectivity index (χ4v) is 3.79. The number of nitrogens with zero attached hydrogens (tertiary/aromatic N) is 2. The zero-order chi connectivity index (χ0) is 23.2. The van der Waals surface area contributed by atoms with Crippen molar-refractivity contribution in [2.75, 3.05) is 12.5 Å². The number of methoxy groups -OCH3 is 1. The number of anilines is 1. The summed E-state index contributed by atoms with van der Waals surface area (Å²) in [6, 6.07) is 20.7. The van der Waals surface area contributed by atoms with Crippen LogP contribution in [-0.2, 0) is 0 Å². The van der Waals surface area contributed by atoms with Crippen LogP contribution >= 0.6 is 11.3 Å². The van der Waals surface area contributed by atoms with Gasteiger partial charge in [-0.25, -0.2) is 9.78 Å². The third kappa shape index (κ3) is 5.64. The third-order valence-electron chi connectivity index (χ3n) is 4.87. The van der Waals surface area contributed by atoms with Crippen molar-refractivity contribution < 1.29 is 14.3 Å². The highest BCUT2D eigenvalue weighted by Crippen LogP contribution is 2.29. The minimum absolute atomic E-state index is 0.344. The van der Waals surface area contributed by atoms with E-state index in [-0.39, 0.29) is 0 Å². The molecule has 0 aliphatic carbocycles. The molecule has 0 radical (unpaired) electrons. The molecule has 0 bridgehead atoms. The summed E-state index contributed by atoms with van der Waals surface area (Å²) in [5.74, 6) is 0.348. The van der Waals surface area contributed by atoms with Crippen molar-refractivity contribution in [3.05, 3.63) is 94.4 Å². The van der Waals surface area contributed by atoms with Crippen LogP contribution in [0.2, 0.25) is 0 Å². The summed E-state index contributed by atoms with van der Waals surface area (Å²) >= 11 is 1.48. The molecule has 0 amide bonds. The highest BCUT2D eigenvalue weighted by Gasteiger charge is 2.13. The molecule has 7 heteroatoms. The van der Waals surface area contributed by atoms with Crippen LogP contribution in [0, 0.1) is 13.8 Å². The van der Waals surface area contributed by atoms with Gasteiger partial charge in [0, 0.05) is 10.9 Å². The van der Waals surface area contributed by atoms with E-state index < -0.39 is 5.97 Å². The Kier molecular flexibility index (Phi) is 6.80. The number of rotatable bonds is 7. The van der Waals surface area contributed by atoms with Gasteiger partial charge in [-0.1, -0.05) is 47.5 Å². The van der Waals surface area contributed by atoms with Gasteiger partial charge in [-0.15, -0.1) is 11.3 Å². The smallest absolute Gasteiger partial charge is 0.343 e. The lowest BCUT2D eigenvalue weighted by atomic mass is 10.1. The van der Waals surface area contributed by atoms with Gasteiger partial charge in [-0.05, 0) is 49.7 Å². The number of hydrogen-bond acceptors (Lipinski definition) is 7. The largest absolute Gasteiger partial charge is 0.493 e. The number of esters is 1. The predicted molar refractivity (Wildman–Crippen MR) is 133 cm³/mol. The molecule has 0 fully saturated rings. The Morgan fingerprint density at radius 2 is 1.82 bits per heavy atom. The van der Waals surface area contributed by atoms with Crippen molar-refractivity contribution in [1.29, 1.82) is 0 Å². The topological polar surface area (TPSA) is 72.8 Å². The lowest BCUT2D eigenvalue weighted by molar-refractivity contribution is 0.0729. The van der Waals surface area contributed by atoms with E-state index in [9.17, 15) is 4.79 Å². The Labute approximate surface area is 196 Å². The van der Waals surface area contributed by atoms with Crippen LogP contribution in [-0.4, -0.2) is 24.3 Å². The first-order chi connectivity index (χ1) is 16.0. The molecular formula is C26H23N3O3S. The molecule has 4 rings (SSSR count). The number of ether oxygens (including phenoxy) is 2. The van der Waals surface area contributed by atoms with E-state index in [1.54, 1.807) is 36.5 Å². The Bertz CT molecular complexity index is 1300. The number of hydrazone groups is 1. The van der Waals surface area contributed by atoms with Crippen LogP contribution in [0.4, 0.5) is 5.13 Å². The molecule has 6 nitrogen and oxygen atoms in total. The standard InChI is InChI=1S/C26H23N3O3S/c1-17-7-10-20(11-8-17)22-16-33-26(28-22)29-27-15-19-9-12-23(24(14-19)31-3)32-25(30)21-6-4-5-18(2)13-21/h4-16H,1-3H3,(H,28,29)/b27-15-. The molecule has 0 saturated heterocycles. The van der Waals surface area contributed by atoms with E-state index in [1.807, 2.05) is 24.4 Å². The molecule has 1 N–H and O–H groups in total. The molecule has 0 unspecified atom stereocenters. The lowest BCUT2D eigenvalue weighted by Gasteiger charge is -2.10. The minimum atomic E-state index is -0.437. The van der Waals surface area contributed by atoms with E-state index in [2.05, 4.69) is 46.7 Å². The highest BCUT2D eigenvalue weighted by molar-refractivity contribution is 7.14. The fraction of sp³-hybridized carbons (Fsp3) is 0.115. The van der Waals surface area contributed by atoms with Crippen molar-refractivity contribution in [2.24, 2.45) is 5.10 Å². The molecule has 166 valence electrons. The van der Waals surface area contributed by atoms with E-state index in [1.165, 1.54) is 24.0 Å². The number of hydrogen-bond donors (Lipinski definition) is 1. The summed E-state index contributed by atoms with van der Waals surface area (Å²) < 4.78 is 10.9. The molecule has 1 aromatic heterocycles. The number of aromatic nitrogens is 1. The summed E-state index contributed by atoms with van der Waals surface area (Å²) in [4.78, 5) is 17.0. The van der Waals surface area contributed by atoms with E-state index in [4.69, 9.17) is 9.47 Å². The van der Waals surface area contributed by atoms with Gasteiger partial charge in [0.25, 0.3) is 0 Å². The monoisotopic (exact) mass is 457 g/mol. The second-order valence-corrected chi connectivity index (χ2v) is 8.30. The van der Waals surface area contributed by atoms with Gasteiger partial charge < -0.3 is 9.47 Å². The van der Waals surface area contributed by atoms with Crippen LogP contribution in [0.3, 0.4) is 0 Å². The first-order valence-electron chi connectivity index (χ1n) is 10.3. The van der Waals surface area contributed by atoms with Crippen LogP contribution in [0.15, 0.2) is 77.2 Å². The third-order valence-corrected chi connectivity index (χ3v) is 5.62. The normalized spacial score (nSPS) is 10.9.